The minimum absolute atomic E-state index is 0.0448. The van der Waals surface area contributed by atoms with Crippen LogP contribution in [0.4, 0.5) is 22.9 Å². The number of pyridine rings is 1. The molecule has 1 aliphatic carbocycles. The topological polar surface area (TPSA) is 66.9 Å². The monoisotopic (exact) mass is 450 g/mol. The summed E-state index contributed by atoms with van der Waals surface area (Å²) < 4.78 is 11.1. The van der Waals surface area contributed by atoms with Gasteiger partial charge in [0.2, 0.25) is 5.91 Å². The average Bonchev–Trinajstić information content (AvgIpc) is 3.04. The summed E-state index contributed by atoms with van der Waals surface area (Å²) in [5, 5.41) is 3.49. The second-order valence-corrected chi connectivity index (χ2v) is 9.41. The molecule has 33 heavy (non-hydrogen) atoms. The maximum absolute atomic E-state index is 13.9. The van der Waals surface area contributed by atoms with Crippen molar-refractivity contribution in [2.24, 2.45) is 11.8 Å². The van der Waals surface area contributed by atoms with Crippen LogP contribution in [0.5, 0.6) is 0 Å². The van der Waals surface area contributed by atoms with Gasteiger partial charge in [-0.3, -0.25) is 4.79 Å². The molecule has 0 bridgehead atoms. The highest BCUT2D eigenvalue weighted by Crippen LogP contribution is 2.40. The largest absolute Gasteiger partial charge is 0.381 e. The Morgan fingerprint density at radius 3 is 2.73 bits per heavy atom. The molecule has 3 aliphatic rings. The number of hydrogen-bond acceptors (Lipinski definition) is 6. The fourth-order valence-corrected chi connectivity index (χ4v) is 5.37. The quantitative estimate of drug-likeness (QED) is 0.747. The Kier molecular flexibility index (Phi) is 6.51. The van der Waals surface area contributed by atoms with E-state index in [2.05, 4.69) is 46.4 Å². The summed E-state index contributed by atoms with van der Waals surface area (Å²) in [5.74, 6) is 1.63. The maximum atomic E-state index is 13.9. The number of fused-ring (bicyclic) bond motifs is 2. The third kappa shape index (κ3) is 4.57. The highest BCUT2D eigenvalue weighted by atomic mass is 16.5. The van der Waals surface area contributed by atoms with E-state index >= 15 is 0 Å². The van der Waals surface area contributed by atoms with Gasteiger partial charge in [-0.1, -0.05) is 6.07 Å². The maximum Gasteiger partial charge on any atom is 0.230 e. The lowest BCUT2D eigenvalue weighted by Gasteiger charge is -2.34. The van der Waals surface area contributed by atoms with E-state index in [0.717, 1.165) is 80.4 Å². The molecular weight excluding hydrogens is 416 g/mol. The van der Waals surface area contributed by atoms with E-state index in [1.165, 1.54) is 0 Å². The van der Waals surface area contributed by atoms with Crippen molar-refractivity contribution in [3.63, 3.8) is 0 Å². The molecule has 1 aromatic heterocycles. The van der Waals surface area contributed by atoms with Crippen LogP contribution in [0.2, 0.25) is 0 Å². The molecule has 1 atom stereocenters. The van der Waals surface area contributed by atoms with E-state index < -0.39 is 0 Å². The van der Waals surface area contributed by atoms with Crippen molar-refractivity contribution in [2.75, 3.05) is 48.5 Å². The molecule has 1 saturated heterocycles. The molecule has 0 unspecified atom stereocenters. The molecule has 1 amide bonds. The third-order valence-corrected chi connectivity index (χ3v) is 7.54. The van der Waals surface area contributed by atoms with Crippen molar-refractivity contribution in [2.45, 2.75) is 45.3 Å². The number of rotatable bonds is 4. The average molecular weight is 451 g/mol. The van der Waals surface area contributed by atoms with Crippen molar-refractivity contribution < 1.29 is 14.3 Å². The number of nitrogens with zero attached hydrogens (tertiary/aromatic N) is 3. The standard InChI is InChI=1S/C26H34N4O3/c1-18(32-2)19-5-7-20(8-6-19)26(31)30-17-21-4-3-11-27-25(21)28-23-10-9-22(16-24(23)30)29-12-14-33-15-13-29/h3-4,9-11,16,18-20H,5-8,12-15,17H2,1-2H3,(H,27,28)/t18-,19-,20+/m0/s1. The van der Waals surface area contributed by atoms with Gasteiger partial charge in [-0.05, 0) is 62.8 Å². The minimum atomic E-state index is 0.0448. The van der Waals surface area contributed by atoms with Gasteiger partial charge in [-0.2, -0.15) is 0 Å². The van der Waals surface area contributed by atoms with E-state index in [1.54, 1.807) is 13.3 Å². The third-order valence-electron chi connectivity index (χ3n) is 7.54. The molecule has 1 saturated carbocycles. The first-order valence-electron chi connectivity index (χ1n) is 12.2. The van der Waals surface area contributed by atoms with E-state index in [4.69, 9.17) is 9.47 Å². The van der Waals surface area contributed by atoms with E-state index in [0.29, 0.717) is 12.5 Å². The van der Waals surface area contributed by atoms with Crippen LogP contribution in [-0.4, -0.2) is 50.4 Å². The van der Waals surface area contributed by atoms with Crippen LogP contribution in [0, 0.1) is 11.8 Å². The van der Waals surface area contributed by atoms with Gasteiger partial charge in [0.15, 0.2) is 0 Å². The molecule has 7 heteroatoms. The van der Waals surface area contributed by atoms with Gasteiger partial charge in [-0.25, -0.2) is 4.98 Å². The number of carbonyl (C=O) groups excluding carboxylic acids is 1. The lowest BCUT2D eigenvalue weighted by atomic mass is 9.79. The summed E-state index contributed by atoms with van der Waals surface area (Å²) in [6, 6.07) is 10.4. The molecule has 0 radical (unpaired) electrons. The Morgan fingerprint density at radius 2 is 1.97 bits per heavy atom. The fraction of sp³-hybridized carbons (Fsp3) is 0.538. The zero-order chi connectivity index (χ0) is 22.8. The number of methoxy groups -OCH3 is 1. The zero-order valence-electron chi connectivity index (χ0n) is 19.6. The van der Waals surface area contributed by atoms with E-state index in [1.807, 2.05) is 11.0 Å². The summed E-state index contributed by atoms with van der Waals surface area (Å²) in [7, 11) is 1.78. The second-order valence-electron chi connectivity index (χ2n) is 9.41. The molecule has 2 fully saturated rings. The van der Waals surface area contributed by atoms with Crippen LogP contribution in [0.1, 0.15) is 38.2 Å². The number of carbonyl (C=O) groups is 1. The number of ether oxygens (including phenoxy) is 2. The first kappa shape index (κ1) is 22.2. The minimum Gasteiger partial charge on any atom is -0.381 e. The van der Waals surface area contributed by atoms with Crippen molar-refractivity contribution in [3.05, 3.63) is 42.1 Å². The van der Waals surface area contributed by atoms with Crippen molar-refractivity contribution in [3.8, 4) is 0 Å². The van der Waals surface area contributed by atoms with Crippen LogP contribution < -0.4 is 15.1 Å². The molecule has 7 nitrogen and oxygen atoms in total. The number of hydrogen-bond donors (Lipinski definition) is 1. The lowest BCUT2D eigenvalue weighted by Crippen LogP contribution is -2.39. The highest BCUT2D eigenvalue weighted by molar-refractivity contribution is 6.00. The van der Waals surface area contributed by atoms with Crippen LogP contribution in [0.3, 0.4) is 0 Å². The Hall–Kier alpha value is -2.64. The van der Waals surface area contributed by atoms with Gasteiger partial charge in [0, 0.05) is 43.6 Å². The molecule has 176 valence electrons. The Labute approximate surface area is 196 Å². The van der Waals surface area contributed by atoms with Gasteiger partial charge in [0.1, 0.15) is 5.82 Å². The van der Waals surface area contributed by atoms with Gasteiger partial charge < -0.3 is 24.6 Å². The summed E-state index contributed by atoms with van der Waals surface area (Å²) >= 11 is 0. The number of nitrogens with one attached hydrogen (secondary N) is 1. The number of aromatic nitrogens is 1. The Balaban J connectivity index is 1.45. The lowest BCUT2D eigenvalue weighted by molar-refractivity contribution is -0.124. The summed E-state index contributed by atoms with van der Waals surface area (Å²) in [4.78, 5) is 22.8. The Bertz CT molecular complexity index is 983. The second kappa shape index (κ2) is 9.69. The van der Waals surface area contributed by atoms with Crippen LogP contribution in [0.15, 0.2) is 36.5 Å². The molecule has 1 aromatic carbocycles. The van der Waals surface area contributed by atoms with Crippen molar-refractivity contribution in [1.29, 1.82) is 0 Å². The highest BCUT2D eigenvalue weighted by Gasteiger charge is 2.34. The smallest absolute Gasteiger partial charge is 0.230 e. The van der Waals surface area contributed by atoms with Gasteiger partial charge in [0.05, 0.1) is 37.2 Å². The van der Waals surface area contributed by atoms with Gasteiger partial charge in [-0.15, -0.1) is 0 Å². The molecule has 2 aliphatic heterocycles. The summed E-state index contributed by atoms with van der Waals surface area (Å²) in [6.07, 6.45) is 5.95. The molecule has 5 rings (SSSR count). The predicted octanol–water partition coefficient (Wildman–Crippen LogP) is 4.35. The van der Waals surface area contributed by atoms with Crippen LogP contribution in [0.25, 0.3) is 0 Å². The molecule has 1 N–H and O–H groups in total. The first-order valence-corrected chi connectivity index (χ1v) is 12.2. The molecule has 0 spiro atoms. The van der Waals surface area contributed by atoms with Crippen LogP contribution in [-0.2, 0) is 20.8 Å². The fourth-order valence-electron chi connectivity index (χ4n) is 5.37. The van der Waals surface area contributed by atoms with Gasteiger partial charge >= 0.3 is 0 Å². The molecule has 3 heterocycles. The van der Waals surface area contributed by atoms with Gasteiger partial charge in [0.25, 0.3) is 0 Å². The predicted molar refractivity (Wildman–Crippen MR) is 130 cm³/mol. The first-order chi connectivity index (χ1) is 16.1. The Morgan fingerprint density at radius 1 is 1.18 bits per heavy atom. The zero-order valence-corrected chi connectivity index (χ0v) is 19.6. The van der Waals surface area contributed by atoms with Crippen molar-refractivity contribution >= 4 is 28.8 Å². The number of anilines is 4. The molecular formula is C26H34N4O3. The summed E-state index contributed by atoms with van der Waals surface area (Å²) in [6.45, 7) is 5.86. The number of morpholine rings is 1. The number of benzene rings is 1. The SMILES string of the molecule is CO[C@@H](C)[C@H]1CC[C@@H](C(=O)N2Cc3cccnc3Nc3ccc(N4CCOCC4)cc32)CC1. The van der Waals surface area contributed by atoms with Crippen LogP contribution >= 0.6 is 0 Å². The molecule has 2 aromatic rings. The number of amides is 1. The van der Waals surface area contributed by atoms with Crippen molar-refractivity contribution in [1.82, 2.24) is 4.98 Å². The normalized spacial score (nSPS) is 23.7. The van der Waals surface area contributed by atoms with E-state index in [-0.39, 0.29) is 17.9 Å². The summed E-state index contributed by atoms with van der Waals surface area (Å²) in [5.41, 5.74) is 4.04. The van der Waals surface area contributed by atoms with E-state index in [9.17, 15) is 4.79 Å².